The lowest BCUT2D eigenvalue weighted by Crippen LogP contribution is -2.44. The predicted octanol–water partition coefficient (Wildman–Crippen LogP) is 5.83. The van der Waals surface area contributed by atoms with Crippen LogP contribution in [0.1, 0.15) is 5.56 Å². The van der Waals surface area contributed by atoms with E-state index in [4.69, 9.17) is 4.74 Å². The largest absolute Gasteiger partial charge is 0.457 e. The molecule has 0 spiro atoms. The van der Waals surface area contributed by atoms with Crippen LogP contribution in [0.15, 0.2) is 60.8 Å². The summed E-state index contributed by atoms with van der Waals surface area (Å²) in [6.07, 6.45) is 1.79. The first kappa shape index (κ1) is 20.9. The van der Waals surface area contributed by atoms with Crippen molar-refractivity contribution in [3.63, 3.8) is 0 Å². The highest BCUT2D eigenvalue weighted by Gasteiger charge is 2.33. The summed E-state index contributed by atoms with van der Waals surface area (Å²) >= 11 is 1.65. The van der Waals surface area contributed by atoms with Crippen LogP contribution in [0, 0.1) is 6.92 Å². The second-order valence-electron chi connectivity index (χ2n) is 8.71. The molecule has 172 valence electrons. The number of para-hydroxylation sites is 1. The minimum atomic E-state index is -0.159. The maximum absolute atomic E-state index is 13.5. The summed E-state index contributed by atoms with van der Waals surface area (Å²) in [5.74, 6) is 1.51. The third kappa shape index (κ3) is 3.55. The molecule has 6 rings (SSSR count). The fraction of sp³-hybridized carbons (Fsp3) is 0.231. The number of nitrogens with one attached hydrogen (secondary N) is 1. The molecule has 1 fully saturated rings. The molecule has 4 aromatic rings. The van der Waals surface area contributed by atoms with Crippen LogP contribution in [0.4, 0.5) is 26.9 Å². The zero-order valence-electron chi connectivity index (χ0n) is 19.1. The Hall–Kier alpha value is -3.62. The number of amides is 2. The van der Waals surface area contributed by atoms with E-state index >= 15 is 0 Å². The van der Waals surface area contributed by atoms with Crippen LogP contribution in [-0.2, 0) is 0 Å². The molecule has 8 heteroatoms. The zero-order valence-corrected chi connectivity index (χ0v) is 19.9. The van der Waals surface area contributed by atoms with Gasteiger partial charge in [-0.2, -0.15) is 0 Å². The molecule has 2 aliphatic rings. The van der Waals surface area contributed by atoms with Gasteiger partial charge in [0.15, 0.2) is 0 Å². The van der Waals surface area contributed by atoms with Crippen molar-refractivity contribution in [3.05, 3.63) is 66.4 Å². The summed E-state index contributed by atoms with van der Waals surface area (Å²) in [4.78, 5) is 25.5. The van der Waals surface area contributed by atoms with Crippen molar-refractivity contribution in [2.75, 3.05) is 48.3 Å². The molecule has 4 heterocycles. The first-order valence-corrected chi connectivity index (χ1v) is 12.2. The van der Waals surface area contributed by atoms with Gasteiger partial charge in [-0.15, -0.1) is 0 Å². The molecule has 2 aliphatic heterocycles. The van der Waals surface area contributed by atoms with Gasteiger partial charge in [-0.05, 0) is 55.9 Å². The minimum absolute atomic E-state index is 0.159. The maximum atomic E-state index is 13.5. The Morgan fingerprint density at radius 3 is 2.53 bits per heavy atom. The minimum Gasteiger partial charge on any atom is -0.457 e. The number of anilines is 4. The molecular formula is C26H25N5O2S. The van der Waals surface area contributed by atoms with Crippen molar-refractivity contribution in [2.24, 2.45) is 0 Å². The van der Waals surface area contributed by atoms with Gasteiger partial charge < -0.3 is 19.9 Å². The molecule has 0 saturated carbocycles. The number of urea groups is 1. The number of aryl methyl sites for hydroxylation is 1. The van der Waals surface area contributed by atoms with Crippen LogP contribution in [-0.4, -0.2) is 49.1 Å². The summed E-state index contributed by atoms with van der Waals surface area (Å²) in [6, 6.07) is 17.3. The Labute approximate surface area is 202 Å². The first-order valence-electron chi connectivity index (χ1n) is 11.4. The number of carbonyl (C=O) groups is 1. The Balaban J connectivity index is 1.38. The van der Waals surface area contributed by atoms with E-state index in [-0.39, 0.29) is 6.03 Å². The van der Waals surface area contributed by atoms with Gasteiger partial charge in [0.2, 0.25) is 0 Å². The molecule has 1 saturated heterocycles. The van der Waals surface area contributed by atoms with Gasteiger partial charge in [0.05, 0.1) is 22.4 Å². The van der Waals surface area contributed by atoms with Gasteiger partial charge in [-0.1, -0.05) is 29.5 Å². The monoisotopic (exact) mass is 471 g/mol. The van der Waals surface area contributed by atoms with Crippen molar-refractivity contribution in [2.45, 2.75) is 6.92 Å². The quantitative estimate of drug-likeness (QED) is 0.406. The third-order valence-corrected chi connectivity index (χ3v) is 7.56. The SMILES string of the molecule is Cc1cc(Oc2ccccc2)ccc1N1C(=O)Nc2c(N3CCN(C)CC3)sc3nccc1c23. The van der Waals surface area contributed by atoms with Gasteiger partial charge in [0.1, 0.15) is 21.3 Å². The smallest absolute Gasteiger partial charge is 0.331 e. The van der Waals surface area contributed by atoms with Gasteiger partial charge in [-0.25, -0.2) is 9.78 Å². The molecule has 7 nitrogen and oxygen atoms in total. The van der Waals surface area contributed by atoms with E-state index in [1.165, 1.54) is 0 Å². The Morgan fingerprint density at radius 2 is 1.76 bits per heavy atom. The maximum Gasteiger partial charge on any atom is 0.331 e. The van der Waals surface area contributed by atoms with E-state index in [0.29, 0.717) is 0 Å². The number of nitrogens with zero attached hydrogens (tertiary/aromatic N) is 4. The van der Waals surface area contributed by atoms with Gasteiger partial charge >= 0.3 is 6.03 Å². The number of rotatable bonds is 4. The summed E-state index contributed by atoms with van der Waals surface area (Å²) in [7, 11) is 2.14. The summed E-state index contributed by atoms with van der Waals surface area (Å²) in [5.41, 5.74) is 3.52. The molecule has 2 amide bonds. The predicted molar refractivity (Wildman–Crippen MR) is 138 cm³/mol. The number of likely N-dealkylation sites (N-methyl/N-ethyl adjacent to an activating group) is 1. The molecule has 0 unspecified atom stereocenters. The number of hydrogen-bond donors (Lipinski definition) is 1. The molecular weight excluding hydrogens is 446 g/mol. The Morgan fingerprint density at radius 1 is 0.971 bits per heavy atom. The molecule has 1 N–H and O–H groups in total. The lowest BCUT2D eigenvalue weighted by molar-refractivity contribution is 0.259. The fourth-order valence-corrected chi connectivity index (χ4v) is 5.78. The summed E-state index contributed by atoms with van der Waals surface area (Å²) in [6.45, 7) is 5.88. The van der Waals surface area contributed by atoms with Crippen molar-refractivity contribution < 1.29 is 9.53 Å². The number of ether oxygens (including phenoxy) is 1. The molecule has 0 radical (unpaired) electrons. The van der Waals surface area contributed by atoms with Crippen LogP contribution in [0.25, 0.3) is 10.2 Å². The van der Waals surface area contributed by atoms with Crippen molar-refractivity contribution in [3.8, 4) is 11.5 Å². The average molecular weight is 472 g/mol. The lowest BCUT2D eigenvalue weighted by Gasteiger charge is -2.35. The number of aromatic nitrogens is 1. The Bertz CT molecular complexity index is 1380. The lowest BCUT2D eigenvalue weighted by atomic mass is 10.1. The first-order chi connectivity index (χ1) is 16.6. The highest BCUT2D eigenvalue weighted by molar-refractivity contribution is 7.23. The van der Waals surface area contributed by atoms with E-state index in [1.54, 1.807) is 22.4 Å². The molecule has 0 aliphatic carbocycles. The fourth-order valence-electron chi connectivity index (χ4n) is 4.61. The number of pyridine rings is 1. The summed E-state index contributed by atoms with van der Waals surface area (Å²) < 4.78 is 5.98. The van der Waals surface area contributed by atoms with E-state index in [1.807, 2.05) is 61.5 Å². The third-order valence-electron chi connectivity index (χ3n) is 6.41. The van der Waals surface area contributed by atoms with Gasteiger partial charge in [0.25, 0.3) is 0 Å². The van der Waals surface area contributed by atoms with E-state index in [0.717, 1.165) is 75.5 Å². The standard InChI is InChI=1S/C26H25N5O2S/c1-17-16-19(33-18-6-4-3-5-7-18)8-9-20(17)31-21-10-11-27-24-22(21)23(28-26(31)32)25(34-24)30-14-12-29(2)13-15-30/h3-11,16H,12-15H2,1-2H3,(H,28,32). The van der Waals surface area contributed by atoms with E-state index < -0.39 is 0 Å². The molecule has 34 heavy (non-hydrogen) atoms. The van der Waals surface area contributed by atoms with Crippen LogP contribution in [0.5, 0.6) is 11.5 Å². The molecule has 0 atom stereocenters. The van der Waals surface area contributed by atoms with E-state index in [9.17, 15) is 4.79 Å². The average Bonchev–Trinajstić information content (AvgIpc) is 3.21. The van der Waals surface area contributed by atoms with Crippen molar-refractivity contribution in [1.29, 1.82) is 0 Å². The van der Waals surface area contributed by atoms with Crippen LogP contribution in [0.3, 0.4) is 0 Å². The highest BCUT2D eigenvalue weighted by atomic mass is 32.1. The van der Waals surface area contributed by atoms with Crippen molar-refractivity contribution >= 4 is 49.6 Å². The summed E-state index contributed by atoms with van der Waals surface area (Å²) in [5, 5.41) is 5.28. The normalized spacial score (nSPS) is 16.1. The second-order valence-corrected chi connectivity index (χ2v) is 9.69. The molecule has 2 aromatic heterocycles. The number of piperazine rings is 1. The van der Waals surface area contributed by atoms with Crippen LogP contribution >= 0.6 is 11.3 Å². The Kier molecular flexibility index (Phi) is 5.12. The van der Waals surface area contributed by atoms with Crippen molar-refractivity contribution in [1.82, 2.24) is 9.88 Å². The second kappa shape index (κ2) is 8.30. The topological polar surface area (TPSA) is 60.9 Å². The number of benzene rings is 2. The van der Waals surface area contributed by atoms with Gasteiger partial charge in [0, 0.05) is 32.4 Å². The molecule has 2 aromatic carbocycles. The molecule has 0 bridgehead atoms. The van der Waals surface area contributed by atoms with Crippen LogP contribution < -0.4 is 19.9 Å². The van der Waals surface area contributed by atoms with Crippen LogP contribution in [0.2, 0.25) is 0 Å². The number of carbonyl (C=O) groups excluding carboxylic acids is 1. The number of thiophene rings is 1. The van der Waals surface area contributed by atoms with E-state index in [2.05, 4.69) is 27.1 Å². The highest BCUT2D eigenvalue weighted by Crippen LogP contribution is 2.50. The number of hydrogen-bond acceptors (Lipinski definition) is 6. The van der Waals surface area contributed by atoms with Gasteiger partial charge in [-0.3, -0.25) is 4.90 Å². The zero-order chi connectivity index (χ0) is 23.2.